The van der Waals surface area contributed by atoms with Crippen LogP contribution in [0.15, 0.2) is 24.3 Å². The number of amides is 2. The number of imide groups is 1. The number of rotatable bonds is 5. The Morgan fingerprint density at radius 1 is 1.10 bits per heavy atom. The molecule has 0 bridgehead atoms. The molecule has 1 saturated heterocycles. The lowest BCUT2D eigenvalue weighted by Gasteiger charge is -2.12. The Hall–Kier alpha value is -1.77. The molecule has 0 atom stereocenters. The van der Waals surface area contributed by atoms with Crippen LogP contribution in [0.5, 0.6) is 0 Å². The zero-order valence-electron chi connectivity index (χ0n) is 11.0. The van der Waals surface area contributed by atoms with Crippen molar-refractivity contribution >= 4 is 46.2 Å². The molecule has 0 saturated carbocycles. The lowest BCUT2D eigenvalue weighted by Crippen LogP contribution is -2.32. The molecular weight excluding hydrogens is 389 g/mol. The summed E-state index contributed by atoms with van der Waals surface area (Å²) in [6.45, 7) is 0. The summed E-state index contributed by atoms with van der Waals surface area (Å²) in [6, 6.07) is 6.30. The number of Topliss-reactive ketones (excluding diaryl/α,β-unsaturated/α-hetero) is 1. The van der Waals surface area contributed by atoms with Crippen molar-refractivity contribution < 1.29 is 24.0 Å². The number of carbonyl (C=O) groups is 4. The Balaban J connectivity index is 2.01. The molecule has 7 heteroatoms. The van der Waals surface area contributed by atoms with E-state index in [1.165, 1.54) is 12.1 Å². The van der Waals surface area contributed by atoms with Crippen LogP contribution in [-0.2, 0) is 25.6 Å². The number of benzene rings is 1. The molecule has 0 unspecified atom stereocenters. The van der Waals surface area contributed by atoms with Crippen molar-refractivity contribution in [2.45, 2.75) is 19.3 Å². The first-order valence-electron chi connectivity index (χ1n) is 6.26. The summed E-state index contributed by atoms with van der Waals surface area (Å²) in [6.07, 6.45) is 0.425. The van der Waals surface area contributed by atoms with Crippen molar-refractivity contribution in [3.05, 3.63) is 35.4 Å². The highest BCUT2D eigenvalue weighted by atomic mass is 127. The molecule has 1 aromatic rings. The Bertz CT molecular complexity index is 580. The van der Waals surface area contributed by atoms with E-state index < -0.39 is 17.8 Å². The fourth-order valence-corrected chi connectivity index (χ4v) is 2.10. The fraction of sp³-hybridized carbons (Fsp3) is 0.286. The monoisotopic (exact) mass is 401 g/mol. The highest BCUT2D eigenvalue weighted by Gasteiger charge is 2.33. The van der Waals surface area contributed by atoms with Crippen molar-refractivity contribution in [3.63, 3.8) is 0 Å². The molecule has 110 valence electrons. The zero-order valence-corrected chi connectivity index (χ0v) is 13.2. The van der Waals surface area contributed by atoms with Crippen LogP contribution in [0.1, 0.15) is 28.8 Å². The van der Waals surface area contributed by atoms with E-state index in [4.69, 9.17) is 4.84 Å². The predicted molar refractivity (Wildman–Crippen MR) is 80.5 cm³/mol. The van der Waals surface area contributed by atoms with Crippen LogP contribution in [0.25, 0.3) is 0 Å². The number of alkyl halides is 1. The van der Waals surface area contributed by atoms with Gasteiger partial charge >= 0.3 is 5.97 Å². The smallest absolute Gasteiger partial charge is 0.325 e. The lowest BCUT2D eigenvalue weighted by molar-refractivity contribution is -0.172. The van der Waals surface area contributed by atoms with Crippen LogP contribution in [-0.4, -0.2) is 33.1 Å². The van der Waals surface area contributed by atoms with Gasteiger partial charge in [-0.25, -0.2) is 4.79 Å². The molecule has 6 nitrogen and oxygen atoms in total. The minimum Gasteiger partial charge on any atom is -0.325 e. The molecule has 1 aromatic carbocycles. The van der Waals surface area contributed by atoms with Gasteiger partial charge in [0.25, 0.3) is 11.8 Å². The third-order valence-electron chi connectivity index (χ3n) is 2.92. The topological polar surface area (TPSA) is 80.8 Å². The zero-order chi connectivity index (χ0) is 15.4. The quantitative estimate of drug-likeness (QED) is 0.424. The van der Waals surface area contributed by atoms with E-state index in [2.05, 4.69) is 0 Å². The fourth-order valence-electron chi connectivity index (χ4n) is 1.83. The molecule has 2 amide bonds. The lowest BCUT2D eigenvalue weighted by atomic mass is 10.1. The average Bonchev–Trinajstić information content (AvgIpc) is 2.79. The Kier molecular flexibility index (Phi) is 5.05. The Morgan fingerprint density at radius 3 is 2.19 bits per heavy atom. The third kappa shape index (κ3) is 3.87. The Morgan fingerprint density at radius 2 is 1.67 bits per heavy atom. The molecular formula is C14H12INO5. The molecule has 0 N–H and O–H groups in total. The molecule has 1 heterocycles. The summed E-state index contributed by atoms with van der Waals surface area (Å²) < 4.78 is 0.431. The van der Waals surface area contributed by atoms with Crippen LogP contribution in [0.4, 0.5) is 0 Å². The van der Waals surface area contributed by atoms with Crippen LogP contribution in [0, 0.1) is 0 Å². The van der Waals surface area contributed by atoms with E-state index in [1.807, 2.05) is 22.6 Å². The van der Waals surface area contributed by atoms with Crippen molar-refractivity contribution in [1.29, 1.82) is 0 Å². The van der Waals surface area contributed by atoms with Gasteiger partial charge in [-0.05, 0) is 17.7 Å². The van der Waals surface area contributed by atoms with Crippen molar-refractivity contribution in [3.8, 4) is 0 Å². The highest BCUT2D eigenvalue weighted by molar-refractivity contribution is 14.1. The molecule has 0 spiro atoms. The van der Waals surface area contributed by atoms with Crippen molar-refractivity contribution in [2.75, 3.05) is 4.43 Å². The minimum atomic E-state index is -0.773. The molecule has 1 fully saturated rings. The van der Waals surface area contributed by atoms with Crippen LogP contribution >= 0.6 is 22.6 Å². The largest absolute Gasteiger partial charge is 0.363 e. The maximum absolute atomic E-state index is 11.8. The number of ketones is 1. The van der Waals surface area contributed by atoms with E-state index in [-0.39, 0.29) is 24.2 Å². The molecule has 0 radical (unpaired) electrons. The second-order valence-corrected chi connectivity index (χ2v) is 5.27. The summed E-state index contributed by atoms with van der Waals surface area (Å²) in [7, 11) is 0. The summed E-state index contributed by atoms with van der Waals surface area (Å²) >= 11 is 2.00. The maximum Gasteiger partial charge on any atom is 0.363 e. The first-order valence-corrected chi connectivity index (χ1v) is 7.78. The van der Waals surface area contributed by atoms with Crippen LogP contribution in [0.3, 0.4) is 0 Å². The molecule has 0 aromatic heterocycles. The first kappa shape index (κ1) is 15.6. The van der Waals surface area contributed by atoms with E-state index in [0.717, 1.165) is 5.56 Å². The molecule has 21 heavy (non-hydrogen) atoms. The Labute approximate surface area is 134 Å². The van der Waals surface area contributed by atoms with Gasteiger partial charge in [0, 0.05) is 19.3 Å². The van der Waals surface area contributed by atoms with E-state index in [1.54, 1.807) is 12.1 Å². The summed E-state index contributed by atoms with van der Waals surface area (Å²) in [5.74, 6) is -1.71. The third-order valence-corrected chi connectivity index (χ3v) is 3.77. The van der Waals surface area contributed by atoms with Crippen LogP contribution in [0.2, 0.25) is 0 Å². The van der Waals surface area contributed by atoms with E-state index in [9.17, 15) is 19.2 Å². The highest BCUT2D eigenvalue weighted by Crippen LogP contribution is 2.15. The van der Waals surface area contributed by atoms with E-state index in [0.29, 0.717) is 15.9 Å². The number of hydrogen-bond acceptors (Lipinski definition) is 5. The van der Waals surface area contributed by atoms with Crippen molar-refractivity contribution in [1.82, 2.24) is 5.06 Å². The average molecular weight is 401 g/mol. The predicted octanol–water partition coefficient (Wildman–Crippen LogP) is 1.45. The summed E-state index contributed by atoms with van der Waals surface area (Å²) in [5, 5.41) is 0.510. The van der Waals surface area contributed by atoms with Gasteiger partial charge in [-0.3, -0.25) is 14.4 Å². The van der Waals surface area contributed by atoms with E-state index >= 15 is 0 Å². The normalized spacial score (nSPS) is 14.4. The SMILES string of the molecule is O=C(CI)Cc1ccc(C(=O)ON2C(=O)CCC2=O)cc1. The van der Waals surface area contributed by atoms with Gasteiger partial charge in [0.15, 0.2) is 0 Å². The minimum absolute atomic E-state index is 0.0590. The van der Waals surface area contributed by atoms with Gasteiger partial charge in [-0.15, -0.1) is 5.06 Å². The standard InChI is InChI=1S/C14H12INO5/c15-8-11(17)7-9-1-3-10(4-2-9)14(20)21-16-12(18)5-6-13(16)19/h1-4H,5-8H2. The van der Waals surface area contributed by atoms with Gasteiger partial charge in [-0.2, -0.15) is 0 Å². The first-order chi connectivity index (χ1) is 10.0. The molecule has 0 aliphatic carbocycles. The molecule has 1 aliphatic rings. The molecule has 1 aliphatic heterocycles. The van der Waals surface area contributed by atoms with Gasteiger partial charge in [0.2, 0.25) is 0 Å². The van der Waals surface area contributed by atoms with Gasteiger partial charge < -0.3 is 4.84 Å². The summed E-state index contributed by atoms with van der Waals surface area (Å²) in [5.41, 5.74) is 1.01. The van der Waals surface area contributed by atoms with Gasteiger partial charge in [0.1, 0.15) is 5.78 Å². The number of carbonyl (C=O) groups excluding carboxylic acids is 4. The number of halogens is 1. The number of nitrogens with zero attached hydrogens (tertiary/aromatic N) is 1. The van der Waals surface area contributed by atoms with Gasteiger partial charge in [-0.1, -0.05) is 34.7 Å². The van der Waals surface area contributed by atoms with Crippen molar-refractivity contribution in [2.24, 2.45) is 0 Å². The second-order valence-electron chi connectivity index (χ2n) is 4.51. The number of hydrogen-bond donors (Lipinski definition) is 0. The second kappa shape index (κ2) is 6.79. The van der Waals surface area contributed by atoms with Crippen LogP contribution < -0.4 is 0 Å². The number of hydroxylamine groups is 2. The summed E-state index contributed by atoms with van der Waals surface area (Å²) in [4.78, 5) is 50.7. The molecule has 2 rings (SSSR count). The maximum atomic E-state index is 11.8. The van der Waals surface area contributed by atoms with Gasteiger partial charge in [0.05, 0.1) is 9.99 Å².